The first-order valence-electron chi connectivity index (χ1n) is 8.04. The number of nitrogens with zero attached hydrogens (tertiary/aromatic N) is 4. The largest absolute Gasteiger partial charge is 0.336 e. The Morgan fingerprint density at radius 3 is 2.83 bits per heavy atom. The fraction of sp³-hybridized carbons (Fsp3) is 0.500. The van der Waals surface area contributed by atoms with Crippen molar-refractivity contribution in [1.82, 2.24) is 25.1 Å². The molecule has 6 nitrogen and oxygen atoms in total. The molecule has 0 spiro atoms. The van der Waals surface area contributed by atoms with Crippen LogP contribution in [-0.2, 0) is 0 Å². The van der Waals surface area contributed by atoms with Crippen molar-refractivity contribution in [2.75, 3.05) is 19.8 Å². The summed E-state index contributed by atoms with van der Waals surface area (Å²) in [4.78, 5) is 22.3. The van der Waals surface area contributed by atoms with Crippen LogP contribution in [0.15, 0.2) is 18.3 Å². The van der Waals surface area contributed by atoms with Gasteiger partial charge in [0.25, 0.3) is 5.91 Å². The number of aromatic nitrogens is 4. The summed E-state index contributed by atoms with van der Waals surface area (Å²) in [5.74, 6) is 0.490. The highest BCUT2D eigenvalue weighted by atomic mass is 19.1. The number of halogens is 2. The van der Waals surface area contributed by atoms with Crippen LogP contribution in [0.1, 0.15) is 46.8 Å². The Labute approximate surface area is 137 Å². The molecule has 2 aliphatic rings. The summed E-state index contributed by atoms with van der Waals surface area (Å²) in [7, 11) is 0. The van der Waals surface area contributed by atoms with Crippen molar-refractivity contribution in [2.45, 2.75) is 24.7 Å². The molecule has 1 saturated carbocycles. The van der Waals surface area contributed by atoms with Crippen molar-refractivity contribution in [3.8, 4) is 0 Å². The Balaban J connectivity index is 1.52. The molecule has 8 heteroatoms. The van der Waals surface area contributed by atoms with E-state index in [9.17, 15) is 13.6 Å². The molecule has 4 rings (SSSR count). The minimum Gasteiger partial charge on any atom is -0.336 e. The highest BCUT2D eigenvalue weighted by Crippen LogP contribution is 2.39. The molecule has 1 N–H and O–H groups in total. The van der Waals surface area contributed by atoms with E-state index in [0.29, 0.717) is 24.8 Å². The lowest BCUT2D eigenvalue weighted by Crippen LogP contribution is -2.29. The van der Waals surface area contributed by atoms with Gasteiger partial charge in [-0.2, -0.15) is 5.10 Å². The van der Waals surface area contributed by atoms with Crippen molar-refractivity contribution in [2.24, 2.45) is 5.92 Å². The maximum atomic E-state index is 13.4. The predicted octanol–water partition coefficient (Wildman–Crippen LogP) is 2.04. The molecule has 0 unspecified atom stereocenters. The van der Waals surface area contributed by atoms with Gasteiger partial charge in [-0.3, -0.25) is 14.3 Å². The third-order valence-electron chi connectivity index (χ3n) is 4.69. The van der Waals surface area contributed by atoms with E-state index in [2.05, 4.69) is 20.2 Å². The number of carbonyl (C=O) groups excluding carboxylic acids is 1. The summed E-state index contributed by atoms with van der Waals surface area (Å²) in [6.07, 6.45) is 3.19. The van der Waals surface area contributed by atoms with Gasteiger partial charge < -0.3 is 4.90 Å². The van der Waals surface area contributed by atoms with Crippen LogP contribution in [0.5, 0.6) is 0 Å². The minimum atomic E-state index is -0.537. The number of carbonyl (C=O) groups is 1. The number of hydrogen-bond donors (Lipinski definition) is 1. The fourth-order valence-corrected chi connectivity index (χ4v) is 3.15. The number of nitrogens with one attached hydrogen (secondary N) is 1. The van der Waals surface area contributed by atoms with E-state index in [1.807, 2.05) is 0 Å². The summed E-state index contributed by atoms with van der Waals surface area (Å²) in [5, 5.41) is 7.12. The quantitative estimate of drug-likeness (QED) is 0.929. The molecular weight excluding hydrogens is 316 g/mol. The Hall–Kier alpha value is -2.38. The zero-order valence-electron chi connectivity index (χ0n) is 13.0. The van der Waals surface area contributed by atoms with E-state index in [4.69, 9.17) is 0 Å². The molecule has 1 aliphatic heterocycles. The first-order valence-corrected chi connectivity index (χ1v) is 8.04. The van der Waals surface area contributed by atoms with Gasteiger partial charge in [0.05, 0.1) is 12.9 Å². The van der Waals surface area contributed by atoms with Crippen LogP contribution in [0.25, 0.3) is 0 Å². The second-order valence-corrected chi connectivity index (χ2v) is 6.45. The van der Waals surface area contributed by atoms with E-state index in [1.165, 1.54) is 12.1 Å². The van der Waals surface area contributed by atoms with E-state index in [1.54, 1.807) is 4.90 Å². The van der Waals surface area contributed by atoms with E-state index in [-0.39, 0.29) is 23.4 Å². The molecular formula is C16H17F2N5O. The van der Waals surface area contributed by atoms with Gasteiger partial charge in [-0.25, -0.2) is 14.4 Å². The lowest BCUT2D eigenvalue weighted by atomic mass is 9.97. The van der Waals surface area contributed by atoms with Crippen LogP contribution in [0.2, 0.25) is 0 Å². The first-order chi connectivity index (χ1) is 11.7. The number of amides is 1. The van der Waals surface area contributed by atoms with Crippen LogP contribution in [0.3, 0.4) is 0 Å². The standard InChI is InChI=1S/C16H17F2N5O/c17-5-10-7-23(16(24)13-4-3-11(18)6-19-13)8-12(10)15-20-14(21-22-15)9-1-2-9/h3-4,6,9-10,12H,1-2,5,7-8H2,(H,20,21,22)/t10-,12-/m1/s1. The van der Waals surface area contributed by atoms with Crippen LogP contribution >= 0.6 is 0 Å². The first kappa shape index (κ1) is 15.2. The van der Waals surface area contributed by atoms with Gasteiger partial charge >= 0.3 is 0 Å². The number of pyridine rings is 1. The van der Waals surface area contributed by atoms with Crippen LogP contribution in [0, 0.1) is 11.7 Å². The molecule has 0 aromatic carbocycles. The summed E-state index contributed by atoms with van der Waals surface area (Å²) < 4.78 is 26.4. The normalized spacial score (nSPS) is 23.7. The maximum Gasteiger partial charge on any atom is 0.272 e. The average Bonchev–Trinajstić information content (AvgIpc) is 3.18. The highest BCUT2D eigenvalue weighted by Gasteiger charge is 2.39. The molecule has 2 aromatic heterocycles. The zero-order valence-corrected chi connectivity index (χ0v) is 13.0. The Morgan fingerprint density at radius 2 is 2.17 bits per heavy atom. The van der Waals surface area contributed by atoms with Crippen molar-refractivity contribution < 1.29 is 13.6 Å². The number of hydrogen-bond acceptors (Lipinski definition) is 4. The summed E-state index contributed by atoms with van der Waals surface area (Å²) in [6, 6.07) is 2.54. The van der Waals surface area contributed by atoms with Crippen molar-refractivity contribution in [3.05, 3.63) is 41.5 Å². The van der Waals surface area contributed by atoms with E-state index >= 15 is 0 Å². The fourth-order valence-electron chi connectivity index (χ4n) is 3.15. The molecule has 2 fully saturated rings. The summed E-state index contributed by atoms with van der Waals surface area (Å²) in [5.41, 5.74) is 0.158. The van der Waals surface area contributed by atoms with Crippen LogP contribution in [-0.4, -0.2) is 50.7 Å². The molecule has 2 aromatic rings. The molecule has 1 aliphatic carbocycles. The van der Waals surface area contributed by atoms with Crippen molar-refractivity contribution in [1.29, 1.82) is 0 Å². The molecule has 1 saturated heterocycles. The zero-order chi connectivity index (χ0) is 16.7. The third-order valence-corrected chi connectivity index (χ3v) is 4.69. The number of H-pyrrole nitrogens is 1. The second-order valence-electron chi connectivity index (χ2n) is 6.45. The van der Waals surface area contributed by atoms with Gasteiger partial charge in [0.15, 0.2) is 5.82 Å². The van der Waals surface area contributed by atoms with Gasteiger partial charge in [-0.1, -0.05) is 0 Å². The van der Waals surface area contributed by atoms with Gasteiger partial charge in [0.1, 0.15) is 17.3 Å². The summed E-state index contributed by atoms with van der Waals surface area (Å²) >= 11 is 0. The third kappa shape index (κ3) is 2.76. The van der Waals surface area contributed by atoms with Crippen molar-refractivity contribution in [3.63, 3.8) is 0 Å². The van der Waals surface area contributed by atoms with E-state index in [0.717, 1.165) is 24.9 Å². The lowest BCUT2D eigenvalue weighted by molar-refractivity contribution is 0.0778. The Bertz CT molecular complexity index is 743. The Morgan fingerprint density at radius 1 is 1.33 bits per heavy atom. The smallest absolute Gasteiger partial charge is 0.272 e. The molecule has 3 heterocycles. The molecule has 2 atom stereocenters. The molecule has 126 valence electrons. The van der Waals surface area contributed by atoms with Gasteiger partial charge in [-0.05, 0) is 25.0 Å². The SMILES string of the molecule is O=C(c1ccc(F)cn1)N1C[C@@H](CF)[C@H](c2nc(C3CC3)n[nH]2)C1. The molecule has 1 amide bonds. The topological polar surface area (TPSA) is 74.8 Å². The van der Waals surface area contributed by atoms with Gasteiger partial charge in [0, 0.05) is 30.8 Å². The number of alkyl halides is 1. The minimum absolute atomic E-state index is 0.158. The maximum absolute atomic E-state index is 13.4. The average molecular weight is 333 g/mol. The second kappa shape index (κ2) is 5.92. The highest BCUT2D eigenvalue weighted by molar-refractivity contribution is 5.92. The number of rotatable bonds is 4. The Kier molecular flexibility index (Phi) is 3.74. The molecule has 0 radical (unpaired) electrons. The predicted molar refractivity (Wildman–Crippen MR) is 80.7 cm³/mol. The van der Waals surface area contributed by atoms with Crippen LogP contribution < -0.4 is 0 Å². The van der Waals surface area contributed by atoms with E-state index < -0.39 is 12.5 Å². The monoisotopic (exact) mass is 333 g/mol. The lowest BCUT2D eigenvalue weighted by Gasteiger charge is -2.15. The molecule has 24 heavy (non-hydrogen) atoms. The number of aromatic amines is 1. The van der Waals surface area contributed by atoms with Gasteiger partial charge in [0.2, 0.25) is 0 Å². The van der Waals surface area contributed by atoms with Gasteiger partial charge in [-0.15, -0.1) is 0 Å². The summed E-state index contributed by atoms with van der Waals surface area (Å²) in [6.45, 7) is 0.106. The van der Waals surface area contributed by atoms with Crippen molar-refractivity contribution >= 4 is 5.91 Å². The van der Waals surface area contributed by atoms with Crippen LogP contribution in [0.4, 0.5) is 8.78 Å². The molecule has 0 bridgehead atoms. The number of likely N-dealkylation sites (tertiary alicyclic amines) is 1.